The van der Waals surface area contributed by atoms with E-state index in [0.717, 1.165) is 5.56 Å². The molecule has 0 amide bonds. The maximum absolute atomic E-state index is 12.0. The number of esters is 2. The maximum atomic E-state index is 12.0. The summed E-state index contributed by atoms with van der Waals surface area (Å²) < 4.78 is 10.2. The minimum atomic E-state index is -0.682. The van der Waals surface area contributed by atoms with Crippen molar-refractivity contribution in [3.05, 3.63) is 53.6 Å². The summed E-state index contributed by atoms with van der Waals surface area (Å²) in [6, 6.07) is 9.57. The second-order valence-corrected chi connectivity index (χ2v) is 5.26. The molecule has 0 saturated heterocycles. The minimum Gasteiger partial charge on any atom is -0.459 e. The summed E-state index contributed by atoms with van der Waals surface area (Å²) in [6.07, 6.45) is 4.24. The summed E-state index contributed by atoms with van der Waals surface area (Å²) in [5, 5.41) is 0. The summed E-state index contributed by atoms with van der Waals surface area (Å²) in [7, 11) is 0. The van der Waals surface area contributed by atoms with Crippen LogP contribution in [0.15, 0.2) is 48.1 Å². The number of allylic oxidation sites excluding steroid dienone is 2. The van der Waals surface area contributed by atoms with Crippen LogP contribution in [-0.4, -0.2) is 24.1 Å². The van der Waals surface area contributed by atoms with Crippen LogP contribution in [-0.2, 0) is 19.1 Å². The lowest BCUT2D eigenvalue weighted by Crippen LogP contribution is -2.23. The van der Waals surface area contributed by atoms with Crippen LogP contribution in [0.5, 0.6) is 0 Å². The molecule has 0 aliphatic carbocycles. The molecule has 0 N–H and O–H groups in total. The molecule has 0 aliphatic heterocycles. The molecule has 118 valence electrons. The van der Waals surface area contributed by atoms with Gasteiger partial charge in [0.2, 0.25) is 0 Å². The van der Waals surface area contributed by atoms with Crippen LogP contribution in [0, 0.1) is 0 Å². The van der Waals surface area contributed by atoms with Crippen molar-refractivity contribution in [2.75, 3.05) is 0 Å². The normalized spacial score (nSPS) is 10.8. The molecule has 4 nitrogen and oxygen atoms in total. The molecule has 0 aliphatic rings. The molecule has 1 aromatic carbocycles. The molecule has 0 fully saturated rings. The van der Waals surface area contributed by atoms with Gasteiger partial charge in [0.05, 0.1) is 12.2 Å². The average molecular weight is 302 g/mol. The van der Waals surface area contributed by atoms with Gasteiger partial charge in [-0.2, -0.15) is 0 Å². The van der Waals surface area contributed by atoms with Crippen LogP contribution in [0.1, 0.15) is 33.3 Å². The standard InChI is InChI=1S/C18H22O4/c1-13(2)21-17(19)16(18(20)22-14(3)4)12-8-11-15-9-6-5-7-10-15/h5-14H,1-4H3/b11-8-. The topological polar surface area (TPSA) is 52.6 Å². The fraction of sp³-hybridized carbons (Fsp3) is 0.333. The zero-order valence-electron chi connectivity index (χ0n) is 13.4. The van der Waals surface area contributed by atoms with Gasteiger partial charge < -0.3 is 9.47 Å². The number of hydrogen-bond donors (Lipinski definition) is 0. The summed E-state index contributed by atoms with van der Waals surface area (Å²) >= 11 is 0. The molecule has 0 bridgehead atoms. The molecular formula is C18H22O4. The van der Waals surface area contributed by atoms with Gasteiger partial charge in [-0.1, -0.05) is 42.5 Å². The first-order chi connectivity index (χ1) is 10.4. The third-order valence-electron chi connectivity index (χ3n) is 2.48. The van der Waals surface area contributed by atoms with Gasteiger partial charge in [0.1, 0.15) is 5.57 Å². The van der Waals surface area contributed by atoms with Crippen LogP contribution in [0.3, 0.4) is 0 Å². The van der Waals surface area contributed by atoms with Crippen molar-refractivity contribution in [3.63, 3.8) is 0 Å². The van der Waals surface area contributed by atoms with Crippen molar-refractivity contribution in [2.24, 2.45) is 0 Å². The summed E-state index contributed by atoms with van der Waals surface area (Å²) in [5.74, 6) is -1.36. The van der Waals surface area contributed by atoms with Gasteiger partial charge >= 0.3 is 11.9 Å². The predicted octanol–water partition coefficient (Wildman–Crippen LogP) is 3.53. The van der Waals surface area contributed by atoms with Crippen molar-refractivity contribution in [1.82, 2.24) is 0 Å². The Bertz CT molecular complexity index is 530. The molecule has 1 aromatic rings. The summed E-state index contributed by atoms with van der Waals surface area (Å²) in [6.45, 7) is 6.90. The van der Waals surface area contributed by atoms with Crippen LogP contribution >= 0.6 is 0 Å². The Balaban J connectivity index is 2.93. The zero-order chi connectivity index (χ0) is 16.5. The largest absolute Gasteiger partial charge is 0.459 e. The van der Waals surface area contributed by atoms with Gasteiger partial charge in [-0.25, -0.2) is 9.59 Å². The van der Waals surface area contributed by atoms with Crippen LogP contribution in [0.4, 0.5) is 0 Å². The molecule has 1 rings (SSSR count). The maximum Gasteiger partial charge on any atom is 0.345 e. The van der Waals surface area contributed by atoms with E-state index in [1.54, 1.807) is 39.8 Å². The predicted molar refractivity (Wildman–Crippen MR) is 86.0 cm³/mol. The fourth-order valence-electron chi connectivity index (χ4n) is 1.59. The summed E-state index contributed by atoms with van der Waals surface area (Å²) in [5.41, 5.74) is 0.849. The number of carbonyl (C=O) groups excluding carboxylic acids is 2. The lowest BCUT2D eigenvalue weighted by Gasteiger charge is -2.12. The van der Waals surface area contributed by atoms with Gasteiger partial charge in [0.15, 0.2) is 0 Å². The minimum absolute atomic E-state index is 0.116. The molecule has 0 heterocycles. The smallest absolute Gasteiger partial charge is 0.345 e. The Labute approximate surface area is 131 Å². The molecular weight excluding hydrogens is 280 g/mol. The molecule has 4 heteroatoms. The van der Waals surface area contributed by atoms with Gasteiger partial charge in [0, 0.05) is 0 Å². The third-order valence-corrected chi connectivity index (χ3v) is 2.48. The van der Waals surface area contributed by atoms with Crippen molar-refractivity contribution in [1.29, 1.82) is 0 Å². The highest BCUT2D eigenvalue weighted by atomic mass is 16.6. The van der Waals surface area contributed by atoms with Crippen LogP contribution in [0.25, 0.3) is 6.08 Å². The monoisotopic (exact) mass is 302 g/mol. The van der Waals surface area contributed by atoms with Crippen molar-refractivity contribution in [2.45, 2.75) is 39.9 Å². The number of ether oxygens (including phenoxy) is 2. The highest BCUT2D eigenvalue weighted by Gasteiger charge is 2.22. The average Bonchev–Trinajstić information content (AvgIpc) is 2.42. The fourth-order valence-corrected chi connectivity index (χ4v) is 1.59. The second-order valence-electron chi connectivity index (χ2n) is 5.26. The quantitative estimate of drug-likeness (QED) is 0.265. The van der Waals surface area contributed by atoms with Gasteiger partial charge in [0.25, 0.3) is 0 Å². The van der Waals surface area contributed by atoms with E-state index in [1.807, 2.05) is 30.3 Å². The molecule has 0 saturated carbocycles. The molecule has 0 atom stereocenters. The van der Waals surface area contributed by atoms with E-state index in [9.17, 15) is 9.59 Å². The third kappa shape index (κ3) is 6.39. The molecule has 0 spiro atoms. The van der Waals surface area contributed by atoms with Crippen molar-refractivity contribution >= 4 is 18.0 Å². The van der Waals surface area contributed by atoms with E-state index in [0.29, 0.717) is 0 Å². The van der Waals surface area contributed by atoms with E-state index >= 15 is 0 Å². The lowest BCUT2D eigenvalue weighted by atomic mass is 10.2. The van der Waals surface area contributed by atoms with Gasteiger partial charge in [-0.3, -0.25) is 0 Å². The number of rotatable bonds is 6. The van der Waals surface area contributed by atoms with E-state index in [4.69, 9.17) is 9.47 Å². The Morgan fingerprint density at radius 1 is 0.909 bits per heavy atom. The van der Waals surface area contributed by atoms with Crippen LogP contribution in [0.2, 0.25) is 0 Å². The number of hydrogen-bond acceptors (Lipinski definition) is 4. The van der Waals surface area contributed by atoms with Crippen LogP contribution < -0.4 is 0 Å². The highest BCUT2D eigenvalue weighted by molar-refractivity contribution is 6.14. The molecule has 0 radical (unpaired) electrons. The first-order valence-corrected chi connectivity index (χ1v) is 7.25. The lowest BCUT2D eigenvalue weighted by molar-refractivity contribution is -0.150. The van der Waals surface area contributed by atoms with E-state index in [1.165, 1.54) is 6.08 Å². The number of carbonyl (C=O) groups is 2. The van der Waals surface area contributed by atoms with E-state index < -0.39 is 11.9 Å². The number of benzene rings is 1. The van der Waals surface area contributed by atoms with E-state index in [2.05, 4.69) is 0 Å². The van der Waals surface area contributed by atoms with Gasteiger partial charge in [-0.05, 0) is 39.3 Å². The Morgan fingerprint density at radius 3 is 1.86 bits per heavy atom. The van der Waals surface area contributed by atoms with Crippen molar-refractivity contribution in [3.8, 4) is 0 Å². The molecule has 0 unspecified atom stereocenters. The first kappa shape index (κ1) is 17.7. The highest BCUT2D eigenvalue weighted by Crippen LogP contribution is 2.08. The SMILES string of the molecule is CC(C)OC(=O)C(=C/C=C\c1ccccc1)C(=O)OC(C)C. The Kier molecular flexibility index (Phi) is 7.09. The molecule has 22 heavy (non-hydrogen) atoms. The van der Waals surface area contributed by atoms with E-state index in [-0.39, 0.29) is 17.8 Å². The van der Waals surface area contributed by atoms with Crippen molar-refractivity contribution < 1.29 is 19.1 Å². The zero-order valence-corrected chi connectivity index (χ0v) is 13.4. The second kappa shape index (κ2) is 8.82. The first-order valence-electron chi connectivity index (χ1n) is 7.25. The summed E-state index contributed by atoms with van der Waals surface area (Å²) in [4.78, 5) is 24.0. The Morgan fingerprint density at radius 2 is 1.41 bits per heavy atom. The Hall–Kier alpha value is -2.36. The van der Waals surface area contributed by atoms with Gasteiger partial charge in [-0.15, -0.1) is 0 Å². The molecule has 0 aromatic heterocycles.